The number of rotatable bonds is 4. The van der Waals surface area contributed by atoms with Crippen LogP contribution in [-0.2, 0) is 11.8 Å². The molecular formula is C14H22N6O. The highest BCUT2D eigenvalue weighted by Crippen LogP contribution is 2.24. The molecular weight excluding hydrogens is 268 g/mol. The molecule has 114 valence electrons. The molecule has 7 heteroatoms. The van der Waals surface area contributed by atoms with Gasteiger partial charge in [-0.3, -0.25) is 0 Å². The van der Waals surface area contributed by atoms with Gasteiger partial charge in [-0.2, -0.15) is 4.98 Å². The van der Waals surface area contributed by atoms with Gasteiger partial charge in [-0.1, -0.05) is 25.9 Å². The zero-order valence-corrected chi connectivity index (χ0v) is 13.2. The van der Waals surface area contributed by atoms with Crippen LogP contribution in [0.1, 0.15) is 43.9 Å². The molecule has 0 aliphatic rings. The zero-order valence-electron chi connectivity index (χ0n) is 13.2. The molecule has 3 N–H and O–H groups in total. The third-order valence-electron chi connectivity index (χ3n) is 3.06. The Labute approximate surface area is 124 Å². The lowest BCUT2D eigenvalue weighted by molar-refractivity contribution is 0.377. The van der Waals surface area contributed by atoms with Crippen molar-refractivity contribution in [2.75, 3.05) is 17.6 Å². The maximum atomic E-state index is 5.97. The van der Waals surface area contributed by atoms with Gasteiger partial charge < -0.3 is 15.6 Å². The minimum Gasteiger partial charge on any atom is -0.383 e. The minimum atomic E-state index is -0.151. The average Bonchev–Trinajstić information content (AvgIpc) is 2.79. The maximum Gasteiger partial charge on any atom is 0.228 e. The van der Waals surface area contributed by atoms with Crippen LogP contribution in [-0.4, -0.2) is 26.7 Å². The van der Waals surface area contributed by atoms with Gasteiger partial charge in [0.15, 0.2) is 5.82 Å². The van der Waals surface area contributed by atoms with Crippen molar-refractivity contribution in [3.63, 3.8) is 0 Å². The molecule has 0 atom stereocenters. The number of nitrogens with one attached hydrogen (secondary N) is 1. The lowest BCUT2D eigenvalue weighted by Gasteiger charge is -2.19. The van der Waals surface area contributed by atoms with Crippen LogP contribution < -0.4 is 11.1 Å². The Morgan fingerprint density at radius 2 is 1.86 bits per heavy atom. The molecule has 0 unspecified atom stereocenters. The van der Waals surface area contributed by atoms with Gasteiger partial charge in [0.25, 0.3) is 0 Å². The van der Waals surface area contributed by atoms with E-state index >= 15 is 0 Å². The summed E-state index contributed by atoms with van der Waals surface area (Å²) in [6, 6.07) is 0. The third kappa shape index (κ3) is 3.68. The Morgan fingerprint density at radius 1 is 1.14 bits per heavy atom. The maximum absolute atomic E-state index is 5.97. The predicted octanol–water partition coefficient (Wildman–Crippen LogP) is 2.01. The molecule has 0 amide bonds. The summed E-state index contributed by atoms with van der Waals surface area (Å²) in [5, 5.41) is 7.03. The van der Waals surface area contributed by atoms with Crippen molar-refractivity contribution in [2.45, 2.75) is 46.5 Å². The highest BCUT2D eigenvalue weighted by atomic mass is 16.5. The quantitative estimate of drug-likeness (QED) is 0.887. The van der Waals surface area contributed by atoms with E-state index in [9.17, 15) is 0 Å². The summed E-state index contributed by atoms with van der Waals surface area (Å²) in [6.07, 6.45) is 0.634. The molecule has 0 spiro atoms. The largest absolute Gasteiger partial charge is 0.383 e. The van der Waals surface area contributed by atoms with Gasteiger partial charge in [-0.05, 0) is 13.8 Å². The number of nitrogens with zero attached hydrogens (tertiary/aromatic N) is 4. The van der Waals surface area contributed by atoms with Crippen LogP contribution in [0.5, 0.6) is 0 Å². The molecule has 2 aromatic heterocycles. The Balaban J connectivity index is 2.10. The summed E-state index contributed by atoms with van der Waals surface area (Å²) in [5.41, 5.74) is 6.67. The van der Waals surface area contributed by atoms with Crippen molar-refractivity contribution in [2.24, 2.45) is 0 Å². The Kier molecular flexibility index (Phi) is 4.11. The van der Waals surface area contributed by atoms with Crippen molar-refractivity contribution in [3.8, 4) is 0 Å². The second kappa shape index (κ2) is 5.67. The first-order valence-electron chi connectivity index (χ1n) is 6.95. The van der Waals surface area contributed by atoms with Crippen molar-refractivity contribution < 1.29 is 4.52 Å². The molecule has 0 aliphatic carbocycles. The van der Waals surface area contributed by atoms with E-state index in [2.05, 4.69) is 46.2 Å². The molecule has 21 heavy (non-hydrogen) atoms. The molecule has 0 saturated carbocycles. The standard InChI is InChI=1S/C14H22N6O/c1-8-11(15)18-13(14(3,4)5)19-12(8)16-7-6-10-17-9(2)20-21-10/h6-7H2,1-5H3,(H3,15,16,18,19). The van der Waals surface area contributed by atoms with E-state index in [1.807, 2.05) is 6.92 Å². The van der Waals surface area contributed by atoms with E-state index < -0.39 is 0 Å². The monoisotopic (exact) mass is 290 g/mol. The number of aromatic nitrogens is 4. The number of aryl methyl sites for hydroxylation is 1. The molecule has 0 aromatic carbocycles. The lowest BCUT2D eigenvalue weighted by Crippen LogP contribution is -2.20. The number of nitrogen functional groups attached to an aromatic ring is 1. The molecule has 0 radical (unpaired) electrons. The number of hydrogen-bond acceptors (Lipinski definition) is 7. The number of hydrogen-bond donors (Lipinski definition) is 2. The highest BCUT2D eigenvalue weighted by molar-refractivity contribution is 5.55. The normalized spacial score (nSPS) is 11.7. The van der Waals surface area contributed by atoms with Crippen LogP contribution >= 0.6 is 0 Å². The Morgan fingerprint density at radius 3 is 2.43 bits per heavy atom. The van der Waals surface area contributed by atoms with E-state index in [4.69, 9.17) is 10.3 Å². The van der Waals surface area contributed by atoms with Gasteiger partial charge in [-0.15, -0.1) is 0 Å². The third-order valence-corrected chi connectivity index (χ3v) is 3.06. The van der Waals surface area contributed by atoms with Crippen molar-refractivity contribution >= 4 is 11.6 Å². The summed E-state index contributed by atoms with van der Waals surface area (Å²) >= 11 is 0. The highest BCUT2D eigenvalue weighted by Gasteiger charge is 2.20. The molecule has 0 saturated heterocycles. The first-order valence-corrected chi connectivity index (χ1v) is 6.95. The van der Waals surface area contributed by atoms with Gasteiger partial charge in [0, 0.05) is 23.9 Å². The first kappa shape index (κ1) is 15.2. The fraction of sp³-hybridized carbons (Fsp3) is 0.571. The number of nitrogens with two attached hydrogens (primary N) is 1. The topological polar surface area (TPSA) is 103 Å². The van der Waals surface area contributed by atoms with Crippen molar-refractivity contribution in [3.05, 3.63) is 23.1 Å². The van der Waals surface area contributed by atoms with E-state index in [1.165, 1.54) is 0 Å². The fourth-order valence-electron chi connectivity index (χ4n) is 1.77. The van der Waals surface area contributed by atoms with Crippen molar-refractivity contribution in [1.82, 2.24) is 20.1 Å². The molecule has 2 aromatic rings. The van der Waals surface area contributed by atoms with E-state index in [0.29, 0.717) is 30.5 Å². The first-order chi connectivity index (χ1) is 9.77. The minimum absolute atomic E-state index is 0.151. The van der Waals surface area contributed by atoms with Gasteiger partial charge in [0.2, 0.25) is 5.89 Å². The summed E-state index contributed by atoms with van der Waals surface area (Å²) in [4.78, 5) is 13.1. The average molecular weight is 290 g/mol. The van der Waals surface area contributed by atoms with Gasteiger partial charge in [-0.25, -0.2) is 9.97 Å². The fourth-order valence-corrected chi connectivity index (χ4v) is 1.77. The van der Waals surface area contributed by atoms with Crippen LogP contribution in [0.25, 0.3) is 0 Å². The molecule has 2 heterocycles. The summed E-state index contributed by atoms with van der Waals surface area (Å²) in [5.74, 6) is 3.23. The number of anilines is 2. The predicted molar refractivity (Wildman–Crippen MR) is 81.1 cm³/mol. The van der Waals surface area contributed by atoms with E-state index in [-0.39, 0.29) is 5.41 Å². The molecule has 0 bridgehead atoms. The van der Waals surface area contributed by atoms with E-state index in [0.717, 1.165) is 17.2 Å². The van der Waals surface area contributed by atoms with Gasteiger partial charge >= 0.3 is 0 Å². The Hall–Kier alpha value is -2.18. The summed E-state index contributed by atoms with van der Waals surface area (Å²) in [7, 11) is 0. The van der Waals surface area contributed by atoms with Crippen LogP contribution in [0.2, 0.25) is 0 Å². The van der Waals surface area contributed by atoms with Gasteiger partial charge in [0.1, 0.15) is 17.5 Å². The zero-order chi connectivity index (χ0) is 15.6. The van der Waals surface area contributed by atoms with Crippen LogP contribution in [0.15, 0.2) is 4.52 Å². The second-order valence-corrected chi connectivity index (χ2v) is 6.07. The summed E-state index contributed by atoms with van der Waals surface area (Å²) in [6.45, 7) is 10.5. The Bertz CT molecular complexity index is 629. The SMILES string of the molecule is Cc1noc(CCNc2nc(C(C)(C)C)nc(N)c2C)n1. The van der Waals surface area contributed by atoms with Crippen LogP contribution in [0, 0.1) is 13.8 Å². The smallest absolute Gasteiger partial charge is 0.228 e. The molecule has 7 nitrogen and oxygen atoms in total. The molecule has 0 aliphatic heterocycles. The van der Waals surface area contributed by atoms with Crippen LogP contribution in [0.3, 0.4) is 0 Å². The molecule has 2 rings (SSSR count). The van der Waals surface area contributed by atoms with Crippen LogP contribution in [0.4, 0.5) is 11.6 Å². The summed E-state index contributed by atoms with van der Waals surface area (Å²) < 4.78 is 5.08. The lowest BCUT2D eigenvalue weighted by atomic mass is 9.95. The molecule has 0 fully saturated rings. The van der Waals surface area contributed by atoms with E-state index in [1.54, 1.807) is 6.92 Å². The van der Waals surface area contributed by atoms with Gasteiger partial charge in [0.05, 0.1) is 0 Å². The second-order valence-electron chi connectivity index (χ2n) is 6.07. The van der Waals surface area contributed by atoms with Crippen molar-refractivity contribution in [1.29, 1.82) is 0 Å².